The standard InChI is InChI=1S/C25H23N7O/c1-33-25-19(8-5-11-26-25)20-14-28-32-13-10-23(29-24(20)32)30-12-9-21-22(16-30)31(17-27-21)15-18-6-3-2-4-7-18/h2-8,10-11,13-14,17H,9,12,15-16H2,1H3. The van der Waals surface area contributed by atoms with Crippen LogP contribution in [0.15, 0.2) is 73.4 Å². The van der Waals surface area contributed by atoms with Gasteiger partial charge < -0.3 is 14.2 Å². The summed E-state index contributed by atoms with van der Waals surface area (Å²) in [4.78, 5) is 16.3. The number of ether oxygens (including phenoxy) is 1. The van der Waals surface area contributed by atoms with Crippen molar-refractivity contribution in [2.75, 3.05) is 18.6 Å². The molecule has 0 saturated carbocycles. The molecule has 1 aliphatic heterocycles. The van der Waals surface area contributed by atoms with E-state index in [-0.39, 0.29) is 0 Å². The van der Waals surface area contributed by atoms with Crippen LogP contribution in [0.25, 0.3) is 16.8 Å². The quantitative estimate of drug-likeness (QED) is 0.418. The number of rotatable bonds is 5. The van der Waals surface area contributed by atoms with Crippen LogP contribution in [0.4, 0.5) is 5.82 Å². The minimum atomic E-state index is 0.562. The molecule has 5 aromatic rings. The van der Waals surface area contributed by atoms with Crippen molar-refractivity contribution in [3.63, 3.8) is 0 Å². The number of methoxy groups -OCH3 is 1. The normalized spacial score (nSPS) is 13.3. The maximum absolute atomic E-state index is 5.46. The molecule has 8 heteroatoms. The Morgan fingerprint density at radius 2 is 1.91 bits per heavy atom. The first-order valence-corrected chi connectivity index (χ1v) is 11.0. The number of hydrogen-bond donors (Lipinski definition) is 0. The molecule has 33 heavy (non-hydrogen) atoms. The van der Waals surface area contributed by atoms with Crippen LogP contribution in [-0.4, -0.2) is 42.8 Å². The molecule has 1 aromatic carbocycles. The number of aromatic nitrogens is 6. The summed E-state index contributed by atoms with van der Waals surface area (Å²) in [6, 6.07) is 16.4. The Hall–Kier alpha value is -4.20. The fourth-order valence-corrected chi connectivity index (χ4v) is 4.44. The Kier molecular flexibility index (Phi) is 4.75. The van der Waals surface area contributed by atoms with Crippen LogP contribution >= 0.6 is 0 Å². The number of imidazole rings is 1. The molecule has 0 N–H and O–H groups in total. The highest BCUT2D eigenvalue weighted by atomic mass is 16.5. The molecule has 0 spiro atoms. The van der Waals surface area contributed by atoms with Crippen molar-refractivity contribution in [3.8, 4) is 17.0 Å². The SMILES string of the molecule is COc1ncccc1-c1cnn2ccc(N3CCc4ncn(Cc5ccccc5)c4C3)nc12. The first-order valence-electron chi connectivity index (χ1n) is 11.0. The molecule has 164 valence electrons. The van der Waals surface area contributed by atoms with Gasteiger partial charge in [0.1, 0.15) is 5.82 Å². The smallest absolute Gasteiger partial charge is 0.221 e. The number of fused-ring (bicyclic) bond motifs is 2. The van der Waals surface area contributed by atoms with Crippen LogP contribution in [0.2, 0.25) is 0 Å². The lowest BCUT2D eigenvalue weighted by Crippen LogP contribution is -2.32. The monoisotopic (exact) mass is 437 g/mol. The van der Waals surface area contributed by atoms with Gasteiger partial charge >= 0.3 is 0 Å². The van der Waals surface area contributed by atoms with Gasteiger partial charge in [-0.15, -0.1) is 0 Å². The van der Waals surface area contributed by atoms with E-state index >= 15 is 0 Å². The highest BCUT2D eigenvalue weighted by molar-refractivity contribution is 5.80. The van der Waals surface area contributed by atoms with E-state index in [0.29, 0.717) is 5.88 Å². The van der Waals surface area contributed by atoms with E-state index in [1.165, 1.54) is 17.0 Å². The fourth-order valence-electron chi connectivity index (χ4n) is 4.44. The molecule has 0 unspecified atom stereocenters. The maximum Gasteiger partial charge on any atom is 0.221 e. The van der Waals surface area contributed by atoms with Crippen molar-refractivity contribution in [3.05, 3.63) is 90.4 Å². The zero-order valence-electron chi connectivity index (χ0n) is 18.3. The third-order valence-corrected chi connectivity index (χ3v) is 6.12. The first kappa shape index (κ1) is 19.5. The molecular formula is C25H23N7O. The number of hydrogen-bond acceptors (Lipinski definition) is 6. The third kappa shape index (κ3) is 3.49. The second-order valence-electron chi connectivity index (χ2n) is 8.10. The lowest BCUT2D eigenvalue weighted by Gasteiger charge is -2.28. The summed E-state index contributed by atoms with van der Waals surface area (Å²) in [5, 5.41) is 4.48. The van der Waals surface area contributed by atoms with Gasteiger partial charge in [-0.1, -0.05) is 30.3 Å². The van der Waals surface area contributed by atoms with Gasteiger partial charge in [0.25, 0.3) is 0 Å². The van der Waals surface area contributed by atoms with E-state index in [9.17, 15) is 0 Å². The van der Waals surface area contributed by atoms with E-state index in [4.69, 9.17) is 9.72 Å². The summed E-state index contributed by atoms with van der Waals surface area (Å²) in [6.07, 6.45) is 8.35. The summed E-state index contributed by atoms with van der Waals surface area (Å²) < 4.78 is 9.50. The van der Waals surface area contributed by atoms with E-state index < -0.39 is 0 Å². The molecule has 0 bridgehead atoms. The van der Waals surface area contributed by atoms with Crippen LogP contribution in [0.5, 0.6) is 5.88 Å². The summed E-state index contributed by atoms with van der Waals surface area (Å²) >= 11 is 0. The topological polar surface area (TPSA) is 73.4 Å². The Morgan fingerprint density at radius 1 is 1.00 bits per heavy atom. The Bertz CT molecular complexity index is 1420. The van der Waals surface area contributed by atoms with Crippen LogP contribution in [-0.2, 0) is 19.5 Å². The van der Waals surface area contributed by atoms with E-state index in [1.807, 2.05) is 43.0 Å². The van der Waals surface area contributed by atoms with Gasteiger partial charge in [0, 0.05) is 37.5 Å². The van der Waals surface area contributed by atoms with Gasteiger partial charge in [0.15, 0.2) is 5.65 Å². The zero-order valence-corrected chi connectivity index (χ0v) is 18.3. The summed E-state index contributed by atoms with van der Waals surface area (Å²) in [5.41, 5.74) is 6.24. The van der Waals surface area contributed by atoms with Crippen molar-refractivity contribution in [2.24, 2.45) is 0 Å². The summed E-state index contributed by atoms with van der Waals surface area (Å²) in [7, 11) is 1.63. The molecule has 0 radical (unpaired) electrons. The molecule has 4 aromatic heterocycles. The Labute approximate surface area is 191 Å². The van der Waals surface area contributed by atoms with Crippen molar-refractivity contribution >= 4 is 11.5 Å². The van der Waals surface area contributed by atoms with Gasteiger partial charge in [-0.2, -0.15) is 5.10 Å². The van der Waals surface area contributed by atoms with Gasteiger partial charge in [-0.05, 0) is 23.8 Å². The van der Waals surface area contributed by atoms with Crippen molar-refractivity contribution in [1.82, 2.24) is 29.1 Å². The summed E-state index contributed by atoms with van der Waals surface area (Å²) in [5.74, 6) is 1.48. The predicted molar refractivity (Wildman–Crippen MR) is 125 cm³/mol. The molecule has 0 atom stereocenters. The molecule has 0 saturated heterocycles. The first-order chi connectivity index (χ1) is 16.3. The van der Waals surface area contributed by atoms with Gasteiger partial charge in [-0.3, -0.25) is 0 Å². The van der Waals surface area contributed by atoms with Crippen LogP contribution in [0, 0.1) is 0 Å². The average Bonchev–Trinajstić information content (AvgIpc) is 3.48. The molecule has 5 heterocycles. The lowest BCUT2D eigenvalue weighted by molar-refractivity contribution is 0.400. The van der Waals surface area contributed by atoms with Crippen LogP contribution < -0.4 is 9.64 Å². The minimum absolute atomic E-state index is 0.562. The number of pyridine rings is 1. The number of anilines is 1. The second-order valence-corrected chi connectivity index (χ2v) is 8.10. The van der Waals surface area contributed by atoms with E-state index in [0.717, 1.165) is 48.6 Å². The van der Waals surface area contributed by atoms with Crippen LogP contribution in [0.1, 0.15) is 17.0 Å². The average molecular weight is 438 g/mol. The highest BCUT2D eigenvalue weighted by Gasteiger charge is 2.23. The molecule has 1 aliphatic rings. The summed E-state index contributed by atoms with van der Waals surface area (Å²) in [6.45, 7) is 2.46. The van der Waals surface area contributed by atoms with Gasteiger partial charge in [-0.25, -0.2) is 19.5 Å². The molecular weight excluding hydrogens is 414 g/mol. The van der Waals surface area contributed by atoms with Gasteiger partial charge in [0.2, 0.25) is 5.88 Å². The van der Waals surface area contributed by atoms with Crippen molar-refractivity contribution in [1.29, 1.82) is 0 Å². The molecule has 8 nitrogen and oxygen atoms in total. The molecule has 0 aliphatic carbocycles. The van der Waals surface area contributed by atoms with E-state index in [2.05, 4.69) is 48.8 Å². The molecule has 6 rings (SSSR count). The third-order valence-electron chi connectivity index (χ3n) is 6.12. The largest absolute Gasteiger partial charge is 0.481 e. The number of nitrogens with zero attached hydrogens (tertiary/aromatic N) is 7. The maximum atomic E-state index is 5.46. The zero-order chi connectivity index (χ0) is 22.2. The van der Waals surface area contributed by atoms with E-state index in [1.54, 1.807) is 17.8 Å². The fraction of sp³-hybridized carbons (Fsp3) is 0.200. The predicted octanol–water partition coefficient (Wildman–Crippen LogP) is 3.61. The van der Waals surface area contributed by atoms with Crippen molar-refractivity contribution < 1.29 is 4.74 Å². The Balaban J connectivity index is 1.33. The second kappa shape index (κ2) is 8.05. The molecule has 0 fully saturated rings. The lowest BCUT2D eigenvalue weighted by atomic mass is 10.1. The molecule has 0 amide bonds. The van der Waals surface area contributed by atoms with Crippen molar-refractivity contribution in [2.45, 2.75) is 19.5 Å². The minimum Gasteiger partial charge on any atom is -0.481 e. The highest BCUT2D eigenvalue weighted by Crippen LogP contribution is 2.31. The van der Waals surface area contributed by atoms with Gasteiger partial charge in [0.05, 0.1) is 43.1 Å². The number of benzene rings is 1. The van der Waals surface area contributed by atoms with Crippen LogP contribution in [0.3, 0.4) is 0 Å². The Morgan fingerprint density at radius 3 is 2.79 bits per heavy atom.